The maximum Gasteiger partial charge on any atom is 0.331 e. The van der Waals surface area contributed by atoms with Crippen molar-refractivity contribution in [3.8, 4) is 0 Å². The van der Waals surface area contributed by atoms with Crippen molar-refractivity contribution < 1.29 is 19.1 Å². The van der Waals surface area contributed by atoms with Gasteiger partial charge in [0.25, 0.3) is 0 Å². The summed E-state index contributed by atoms with van der Waals surface area (Å²) in [6.45, 7) is 0. The monoisotopic (exact) mass is 432 g/mol. The highest BCUT2D eigenvalue weighted by Gasteiger charge is 2.69. The van der Waals surface area contributed by atoms with Crippen molar-refractivity contribution in [3.05, 3.63) is 88.6 Å². The van der Waals surface area contributed by atoms with Crippen LogP contribution in [-0.2, 0) is 24.7 Å². The normalized spacial score (nSPS) is 27.4. The predicted molar refractivity (Wildman–Crippen MR) is 116 cm³/mol. The molecule has 2 fully saturated rings. The van der Waals surface area contributed by atoms with Gasteiger partial charge in [-0.05, 0) is 29.1 Å². The van der Waals surface area contributed by atoms with Crippen molar-refractivity contribution in [2.24, 2.45) is 11.8 Å². The van der Waals surface area contributed by atoms with Gasteiger partial charge < -0.3 is 4.74 Å². The van der Waals surface area contributed by atoms with E-state index in [1.165, 1.54) is 23.3 Å². The Labute approximate surface area is 183 Å². The number of rotatable bonds is 4. The van der Waals surface area contributed by atoms with Gasteiger partial charge in [-0.2, -0.15) is 0 Å². The number of imide groups is 1. The molecule has 31 heavy (non-hydrogen) atoms. The number of hydrogen-bond donors (Lipinski definition) is 1. The van der Waals surface area contributed by atoms with Crippen LogP contribution >= 0.6 is 11.3 Å². The van der Waals surface area contributed by atoms with E-state index >= 15 is 0 Å². The molecule has 4 atom stereocenters. The summed E-state index contributed by atoms with van der Waals surface area (Å²) >= 11 is 1.49. The summed E-state index contributed by atoms with van der Waals surface area (Å²) in [7, 11) is 1.30. The predicted octanol–water partition coefficient (Wildman–Crippen LogP) is 3.27. The highest BCUT2D eigenvalue weighted by Crippen LogP contribution is 2.54. The van der Waals surface area contributed by atoms with Crippen molar-refractivity contribution in [2.75, 3.05) is 12.0 Å². The first-order valence-corrected chi connectivity index (χ1v) is 10.9. The molecular formula is C24H20N2O4S. The summed E-state index contributed by atoms with van der Waals surface area (Å²) in [6.07, 6.45) is 0. The molecule has 6 nitrogen and oxygen atoms in total. The van der Waals surface area contributed by atoms with E-state index in [-0.39, 0.29) is 5.91 Å². The van der Waals surface area contributed by atoms with Gasteiger partial charge in [-0.25, -0.2) is 9.69 Å². The van der Waals surface area contributed by atoms with Crippen molar-refractivity contribution in [1.29, 1.82) is 0 Å². The average molecular weight is 433 g/mol. The summed E-state index contributed by atoms with van der Waals surface area (Å²) in [5.74, 6) is -2.95. The quantitative estimate of drug-likeness (QED) is 0.506. The highest BCUT2D eigenvalue weighted by molar-refractivity contribution is 7.10. The second kappa shape index (κ2) is 7.44. The molecule has 2 amide bonds. The van der Waals surface area contributed by atoms with E-state index in [0.717, 1.165) is 4.88 Å². The van der Waals surface area contributed by atoms with Crippen LogP contribution in [0.1, 0.15) is 16.5 Å². The number of para-hydroxylation sites is 1. The minimum Gasteiger partial charge on any atom is -0.467 e. The largest absolute Gasteiger partial charge is 0.467 e. The SMILES string of the molecule is COC(=O)[C@@]1(c2ccccc2)N[C@@H](c2cccs2)[C@H]2C(=O)N(c3ccccc3)C(=O)[C@H]21. The number of benzene rings is 2. The van der Waals surface area contributed by atoms with Crippen molar-refractivity contribution in [2.45, 2.75) is 11.6 Å². The van der Waals surface area contributed by atoms with Crippen molar-refractivity contribution in [1.82, 2.24) is 5.32 Å². The summed E-state index contributed by atoms with van der Waals surface area (Å²) in [5.41, 5.74) is -0.360. The van der Waals surface area contributed by atoms with Crippen LogP contribution in [0.25, 0.3) is 0 Å². The van der Waals surface area contributed by atoms with E-state index in [0.29, 0.717) is 11.3 Å². The molecule has 1 N–H and O–H groups in total. The second-order valence-corrected chi connectivity index (χ2v) is 8.63. The number of ether oxygens (including phenoxy) is 1. The van der Waals surface area contributed by atoms with Gasteiger partial charge in [-0.3, -0.25) is 14.9 Å². The Morgan fingerprint density at radius 1 is 0.968 bits per heavy atom. The van der Waals surface area contributed by atoms with E-state index in [1.807, 2.05) is 41.8 Å². The van der Waals surface area contributed by atoms with Crippen molar-refractivity contribution in [3.63, 3.8) is 0 Å². The Hall–Kier alpha value is -3.29. The van der Waals surface area contributed by atoms with Gasteiger partial charge in [0.2, 0.25) is 11.8 Å². The van der Waals surface area contributed by atoms with Crippen LogP contribution in [0.2, 0.25) is 0 Å². The van der Waals surface area contributed by atoms with Gasteiger partial charge in [-0.15, -0.1) is 11.3 Å². The first-order chi connectivity index (χ1) is 15.1. The summed E-state index contributed by atoms with van der Waals surface area (Å²) in [5, 5.41) is 5.30. The van der Waals surface area contributed by atoms with E-state index in [4.69, 9.17) is 4.74 Å². The number of hydrogen-bond acceptors (Lipinski definition) is 6. The van der Waals surface area contributed by atoms with Crippen molar-refractivity contribution >= 4 is 34.8 Å². The van der Waals surface area contributed by atoms with Gasteiger partial charge >= 0.3 is 5.97 Å². The molecule has 0 aliphatic carbocycles. The molecule has 3 heterocycles. The number of nitrogens with one attached hydrogen (secondary N) is 1. The lowest BCUT2D eigenvalue weighted by Gasteiger charge is -2.32. The number of thiophene rings is 1. The number of amides is 2. The third-order valence-electron chi connectivity index (χ3n) is 6.16. The minimum absolute atomic E-state index is 0.311. The summed E-state index contributed by atoms with van der Waals surface area (Å²) in [6, 6.07) is 21.2. The van der Waals surface area contributed by atoms with Crippen LogP contribution in [0.15, 0.2) is 78.2 Å². The van der Waals surface area contributed by atoms with Gasteiger partial charge in [0.1, 0.15) is 0 Å². The molecule has 1 aromatic heterocycles. The Bertz CT molecular complexity index is 1130. The lowest BCUT2D eigenvalue weighted by atomic mass is 9.75. The number of anilines is 1. The third kappa shape index (κ3) is 2.77. The van der Waals surface area contributed by atoms with Crippen LogP contribution in [0.5, 0.6) is 0 Å². The Morgan fingerprint density at radius 2 is 1.65 bits per heavy atom. The topological polar surface area (TPSA) is 75.7 Å². The number of carbonyl (C=O) groups excluding carboxylic acids is 3. The van der Waals surface area contributed by atoms with E-state index in [2.05, 4.69) is 5.32 Å². The maximum atomic E-state index is 13.8. The van der Waals surface area contributed by atoms with E-state index in [1.54, 1.807) is 36.4 Å². The maximum absolute atomic E-state index is 13.8. The second-order valence-electron chi connectivity index (χ2n) is 7.65. The zero-order valence-corrected chi connectivity index (χ0v) is 17.5. The van der Waals surface area contributed by atoms with Crippen LogP contribution < -0.4 is 10.2 Å². The molecule has 2 aliphatic heterocycles. The highest BCUT2D eigenvalue weighted by atomic mass is 32.1. The molecule has 2 aromatic carbocycles. The van der Waals surface area contributed by atoms with Gasteiger partial charge in [0.15, 0.2) is 5.54 Å². The van der Waals surface area contributed by atoms with Gasteiger partial charge in [0, 0.05) is 4.88 Å². The number of nitrogens with zero attached hydrogens (tertiary/aromatic N) is 1. The van der Waals surface area contributed by atoms with E-state index < -0.39 is 35.3 Å². The minimum atomic E-state index is -1.47. The molecule has 5 rings (SSSR count). The standard InChI is InChI=1S/C24H20N2O4S/c1-30-23(29)24(15-9-4-2-5-10-15)19-18(20(25-24)17-13-8-14-31-17)21(27)26(22(19)28)16-11-6-3-7-12-16/h2-14,18-20,25H,1H3/t18-,19-,20-,24-/m0/s1. The first kappa shape index (κ1) is 19.7. The van der Waals surface area contributed by atoms with E-state index in [9.17, 15) is 14.4 Å². The molecular weight excluding hydrogens is 412 g/mol. The van der Waals surface area contributed by atoms with Gasteiger partial charge in [0.05, 0.1) is 30.7 Å². The zero-order chi connectivity index (χ0) is 21.6. The van der Waals surface area contributed by atoms with Crippen LogP contribution in [0.3, 0.4) is 0 Å². The zero-order valence-electron chi connectivity index (χ0n) is 16.7. The fourth-order valence-corrected chi connectivity index (χ4v) is 5.71. The number of methoxy groups -OCH3 is 1. The Morgan fingerprint density at radius 3 is 2.26 bits per heavy atom. The van der Waals surface area contributed by atoms with Crippen LogP contribution in [0.4, 0.5) is 5.69 Å². The molecule has 2 aliphatic rings. The molecule has 7 heteroatoms. The molecule has 156 valence electrons. The Balaban J connectivity index is 1.73. The molecule has 0 bridgehead atoms. The summed E-state index contributed by atoms with van der Waals surface area (Å²) < 4.78 is 5.21. The smallest absolute Gasteiger partial charge is 0.331 e. The number of esters is 1. The lowest BCUT2D eigenvalue weighted by molar-refractivity contribution is -0.152. The third-order valence-corrected chi connectivity index (χ3v) is 7.12. The fraction of sp³-hybridized carbons (Fsp3) is 0.208. The Kier molecular flexibility index (Phi) is 4.72. The number of fused-ring (bicyclic) bond motifs is 1. The molecule has 0 radical (unpaired) electrons. The van der Waals surface area contributed by atoms with Crippen LogP contribution in [0, 0.1) is 11.8 Å². The molecule has 0 unspecified atom stereocenters. The number of carbonyl (C=O) groups is 3. The molecule has 2 saturated heterocycles. The average Bonchev–Trinajstić information content (AvgIpc) is 3.51. The molecule has 0 spiro atoms. The molecule has 0 saturated carbocycles. The lowest BCUT2D eigenvalue weighted by Crippen LogP contribution is -2.53. The first-order valence-electron chi connectivity index (χ1n) is 9.97. The fourth-order valence-electron chi connectivity index (χ4n) is 4.88. The van der Waals surface area contributed by atoms with Crippen LogP contribution in [-0.4, -0.2) is 24.9 Å². The summed E-state index contributed by atoms with van der Waals surface area (Å²) in [4.78, 5) is 42.9. The molecule has 3 aromatic rings. The van der Waals surface area contributed by atoms with Gasteiger partial charge in [-0.1, -0.05) is 54.6 Å².